The quantitative estimate of drug-likeness (QED) is 0.400. The number of rotatable bonds is 6. The Morgan fingerprint density at radius 1 is 1.09 bits per heavy atom. The summed E-state index contributed by atoms with van der Waals surface area (Å²) in [6, 6.07) is 11.9. The van der Waals surface area contributed by atoms with Gasteiger partial charge in [-0.1, -0.05) is 35.5 Å². The minimum absolute atomic E-state index is 0.0480. The largest absolute Gasteiger partial charge is 0.394 e. The van der Waals surface area contributed by atoms with Crippen molar-refractivity contribution in [2.45, 2.75) is 35.5 Å². The lowest BCUT2D eigenvalue weighted by atomic mass is 9.96. The monoisotopic (exact) mass is 464 g/mol. The molecule has 2 heterocycles. The molecule has 0 amide bonds. The third-order valence-electron chi connectivity index (χ3n) is 5.15. The Labute approximate surface area is 182 Å². The minimum Gasteiger partial charge on any atom is -0.394 e. The Balaban J connectivity index is 1.63. The molecule has 0 spiro atoms. The van der Waals surface area contributed by atoms with E-state index in [1.54, 1.807) is 24.3 Å². The molecule has 170 valence electrons. The van der Waals surface area contributed by atoms with Gasteiger partial charge in [0.25, 0.3) is 0 Å². The normalized spacial score (nSPS) is 26.2. The number of nitrogens with zero attached hydrogens (tertiary/aromatic N) is 3. The highest BCUT2D eigenvalue weighted by molar-refractivity contribution is 7.89. The summed E-state index contributed by atoms with van der Waals surface area (Å²) in [6.45, 7) is -0.639. The van der Waals surface area contributed by atoms with Gasteiger partial charge in [0, 0.05) is 5.56 Å². The molecule has 1 saturated heterocycles. The number of nitrogens with one attached hydrogen (secondary N) is 1. The fourth-order valence-corrected chi connectivity index (χ4v) is 4.69. The maximum Gasteiger partial charge on any atom is 0.242 e. The van der Waals surface area contributed by atoms with Crippen LogP contribution in [0, 0.1) is 5.82 Å². The van der Waals surface area contributed by atoms with Crippen LogP contribution in [0.25, 0.3) is 11.3 Å². The topological polar surface area (TPSA) is 147 Å². The summed E-state index contributed by atoms with van der Waals surface area (Å²) in [6.07, 6.45) is -4.35. The molecule has 10 nitrogen and oxygen atoms in total. The molecule has 12 heteroatoms. The minimum atomic E-state index is -4.08. The van der Waals surface area contributed by atoms with E-state index >= 15 is 0 Å². The van der Waals surface area contributed by atoms with E-state index in [2.05, 4.69) is 15.0 Å². The van der Waals surface area contributed by atoms with Crippen LogP contribution < -0.4 is 4.72 Å². The lowest BCUT2D eigenvalue weighted by Gasteiger charge is -2.42. The Morgan fingerprint density at radius 2 is 1.84 bits per heavy atom. The number of halogens is 1. The number of hydrogen-bond donors (Lipinski definition) is 4. The van der Waals surface area contributed by atoms with Gasteiger partial charge in [0.1, 0.15) is 42.1 Å². The summed E-state index contributed by atoms with van der Waals surface area (Å²) in [4.78, 5) is -0.0480. The second-order valence-corrected chi connectivity index (χ2v) is 8.99. The highest BCUT2D eigenvalue weighted by Crippen LogP contribution is 2.30. The van der Waals surface area contributed by atoms with Crippen molar-refractivity contribution >= 4 is 10.0 Å². The van der Waals surface area contributed by atoms with E-state index in [0.717, 1.165) is 4.68 Å². The fourth-order valence-electron chi connectivity index (χ4n) is 3.53. The number of aromatic nitrogens is 3. The SMILES string of the molecule is O=S(=O)(N[C@@H]1OC(CO)[C@H](O)C(n2cc(-c3cccc(F)c3)nn2)[C@@H]1O)c1ccccc1. The first-order valence-corrected chi connectivity index (χ1v) is 11.2. The number of benzene rings is 2. The number of sulfonamides is 1. The second-order valence-electron chi connectivity index (χ2n) is 7.28. The summed E-state index contributed by atoms with van der Waals surface area (Å²) >= 11 is 0. The van der Waals surface area contributed by atoms with Crippen molar-refractivity contribution in [2.75, 3.05) is 6.61 Å². The smallest absolute Gasteiger partial charge is 0.242 e. The molecule has 2 aromatic carbocycles. The van der Waals surface area contributed by atoms with Crippen LogP contribution in [-0.4, -0.2) is 69.9 Å². The first-order valence-electron chi connectivity index (χ1n) is 9.68. The van der Waals surface area contributed by atoms with E-state index in [1.807, 2.05) is 0 Å². The van der Waals surface area contributed by atoms with Gasteiger partial charge in [0.05, 0.1) is 17.7 Å². The van der Waals surface area contributed by atoms with Crippen molar-refractivity contribution in [3.05, 3.63) is 66.6 Å². The Morgan fingerprint density at radius 3 is 2.53 bits per heavy atom. The van der Waals surface area contributed by atoms with Crippen molar-refractivity contribution in [2.24, 2.45) is 0 Å². The number of ether oxygens (including phenoxy) is 1. The molecular weight excluding hydrogens is 443 g/mol. The van der Waals surface area contributed by atoms with Crippen LogP contribution in [0.15, 0.2) is 65.7 Å². The van der Waals surface area contributed by atoms with E-state index in [9.17, 15) is 28.1 Å². The summed E-state index contributed by atoms with van der Waals surface area (Å²) in [5, 5.41) is 39.0. The van der Waals surface area contributed by atoms with Gasteiger partial charge in [-0.05, 0) is 24.3 Å². The zero-order valence-electron chi connectivity index (χ0n) is 16.6. The average molecular weight is 464 g/mol. The molecule has 3 aromatic rings. The molecule has 2 unspecified atom stereocenters. The maximum absolute atomic E-state index is 13.5. The molecule has 5 atom stereocenters. The van der Waals surface area contributed by atoms with E-state index < -0.39 is 53.0 Å². The predicted molar refractivity (Wildman–Crippen MR) is 109 cm³/mol. The summed E-state index contributed by atoms with van der Waals surface area (Å²) < 4.78 is 47.7. The fraction of sp³-hybridized carbons (Fsp3) is 0.300. The summed E-state index contributed by atoms with van der Waals surface area (Å²) in [5.74, 6) is -0.473. The van der Waals surface area contributed by atoms with E-state index in [4.69, 9.17) is 4.74 Å². The van der Waals surface area contributed by atoms with Crippen molar-refractivity contribution in [3.8, 4) is 11.3 Å². The molecular formula is C20H21FN4O6S. The van der Waals surface area contributed by atoms with Crippen LogP contribution in [0.4, 0.5) is 4.39 Å². The van der Waals surface area contributed by atoms with Crippen LogP contribution in [0.5, 0.6) is 0 Å². The average Bonchev–Trinajstić information content (AvgIpc) is 3.26. The van der Waals surface area contributed by atoms with Crippen LogP contribution in [0.3, 0.4) is 0 Å². The predicted octanol–water partition coefficient (Wildman–Crippen LogP) is 0.0428. The maximum atomic E-state index is 13.5. The Kier molecular flexibility index (Phi) is 6.33. The zero-order chi connectivity index (χ0) is 22.9. The van der Waals surface area contributed by atoms with Gasteiger partial charge in [-0.2, -0.15) is 4.72 Å². The third-order valence-corrected chi connectivity index (χ3v) is 6.59. The molecule has 4 N–H and O–H groups in total. The molecule has 0 radical (unpaired) electrons. The van der Waals surface area contributed by atoms with E-state index in [-0.39, 0.29) is 10.6 Å². The molecule has 0 aliphatic carbocycles. The van der Waals surface area contributed by atoms with E-state index in [0.29, 0.717) is 5.56 Å². The molecule has 1 aromatic heterocycles. The second kappa shape index (κ2) is 9.02. The van der Waals surface area contributed by atoms with Crippen LogP contribution in [-0.2, 0) is 14.8 Å². The van der Waals surface area contributed by atoms with Crippen LogP contribution in [0.1, 0.15) is 6.04 Å². The van der Waals surface area contributed by atoms with Gasteiger partial charge < -0.3 is 20.1 Å². The van der Waals surface area contributed by atoms with Gasteiger partial charge in [-0.15, -0.1) is 5.10 Å². The van der Waals surface area contributed by atoms with E-state index in [1.165, 1.54) is 36.5 Å². The number of aliphatic hydroxyl groups excluding tert-OH is 3. The lowest BCUT2D eigenvalue weighted by molar-refractivity contribution is -0.208. The van der Waals surface area contributed by atoms with Gasteiger partial charge in [0.2, 0.25) is 10.0 Å². The van der Waals surface area contributed by atoms with Crippen molar-refractivity contribution < 1.29 is 32.9 Å². The summed E-state index contributed by atoms with van der Waals surface area (Å²) in [7, 11) is -4.08. The molecule has 1 fully saturated rings. The summed E-state index contributed by atoms with van der Waals surface area (Å²) in [5.41, 5.74) is 0.699. The van der Waals surface area contributed by atoms with Crippen molar-refractivity contribution in [3.63, 3.8) is 0 Å². The van der Waals surface area contributed by atoms with Crippen molar-refractivity contribution in [1.82, 2.24) is 19.7 Å². The first-order chi connectivity index (χ1) is 15.3. The Bertz CT molecular complexity index is 1180. The highest BCUT2D eigenvalue weighted by atomic mass is 32.2. The number of aliphatic hydroxyl groups is 3. The first kappa shape index (κ1) is 22.5. The van der Waals surface area contributed by atoms with Gasteiger partial charge in [-0.25, -0.2) is 17.5 Å². The highest BCUT2D eigenvalue weighted by Gasteiger charge is 2.47. The molecule has 4 rings (SSSR count). The molecule has 0 bridgehead atoms. The number of hydrogen-bond acceptors (Lipinski definition) is 8. The third kappa shape index (κ3) is 4.41. The van der Waals surface area contributed by atoms with Crippen molar-refractivity contribution in [1.29, 1.82) is 0 Å². The molecule has 1 aliphatic rings. The van der Waals surface area contributed by atoms with Gasteiger partial charge in [0.15, 0.2) is 0 Å². The molecule has 32 heavy (non-hydrogen) atoms. The van der Waals surface area contributed by atoms with Crippen LogP contribution in [0.2, 0.25) is 0 Å². The zero-order valence-corrected chi connectivity index (χ0v) is 17.4. The molecule has 0 saturated carbocycles. The standard InChI is InChI=1S/C20H21FN4O6S/c21-13-6-4-5-12(9-13)15-10-25(24-22-15)17-18(27)16(11-26)31-20(19(17)28)23-32(29,30)14-7-2-1-3-8-14/h1-10,16-20,23,26-28H,11H2/t16?,17?,18-,19-,20+/m0/s1. The van der Waals surface area contributed by atoms with Gasteiger partial charge >= 0.3 is 0 Å². The van der Waals surface area contributed by atoms with Gasteiger partial charge in [-0.3, -0.25) is 0 Å². The molecule has 1 aliphatic heterocycles. The van der Waals surface area contributed by atoms with Crippen LogP contribution >= 0.6 is 0 Å². The Hall–Kier alpha value is -2.74. The lowest BCUT2D eigenvalue weighted by Crippen LogP contribution is -2.61.